The van der Waals surface area contributed by atoms with Gasteiger partial charge < -0.3 is 113 Å². The van der Waals surface area contributed by atoms with Gasteiger partial charge in [-0.05, 0) is 79.8 Å². The van der Waals surface area contributed by atoms with E-state index in [1.54, 1.807) is 42.6 Å². The third-order valence-electron chi connectivity index (χ3n) is 22.9. The number of nitrogen functional groups attached to an aromatic ring is 4. The van der Waals surface area contributed by atoms with Crippen molar-refractivity contribution in [2.75, 3.05) is 62.6 Å². The molecule has 12 aromatic heterocycles. The summed E-state index contributed by atoms with van der Waals surface area (Å²) in [6.45, 7) is -18.3. The topological polar surface area (TPSA) is 690 Å². The molecule has 8 unspecified atom stereocenters. The number of fused-ring (bicyclic) bond motifs is 13. The molecule has 9 aliphatic rings. The molecule has 30 atom stereocenters. The van der Waals surface area contributed by atoms with Crippen LogP contribution in [0, 0.1) is 32.6 Å². The van der Waals surface area contributed by atoms with Gasteiger partial charge in [-0.15, -0.1) is 0 Å². The molecule has 0 aliphatic carbocycles. The molecule has 0 radical (unpaired) electrons. The van der Waals surface area contributed by atoms with Crippen LogP contribution in [0.15, 0.2) is 69.6 Å². The van der Waals surface area contributed by atoms with E-state index in [0.29, 0.717) is 50.6 Å². The summed E-state index contributed by atoms with van der Waals surface area (Å²) >= 11 is 30.6. The lowest BCUT2D eigenvalue weighted by molar-refractivity contribution is -0.0606. The fraction of sp³-hybridized carbons (Fsp3) is 0.538. The third-order valence-corrected chi connectivity index (χ3v) is 32.3. The number of aliphatic hydroxyl groups is 2. The number of nitrogens with two attached hydrogens (primary N) is 4. The van der Waals surface area contributed by atoms with Gasteiger partial charge in [-0.25, -0.2) is 93.1 Å². The normalized spacial score (nSPS) is 38.1. The molecule has 9 fully saturated rings. The number of alkyl halides is 2. The Hall–Kier alpha value is -6.81. The SMILES string of the molecule is Cc1ncnc2c1ncn2[C@@H]1O[C@@H]2COP(O)(=S)OC3[C@@H](F)[C@H](n4cnc5c(N)ncnc54)O[C@@H]3COP(O)(=S)O[C@H]2[C@H]1C.Cc1ncnc2c1ncn2[C@@H]1O[C@@H]2COP(O)(=S)O[C@H]3[C@@H](F)[C@H](n4cnc5c(N)ncnc54)O[C@@H]3COP(=O)(S)O[C@H]2[C@H]1C.Cc1ncnc2c1ncn2[C@@H]1O[C@@H]2COP(O)(=S)O[C@H]3[C@@H](O)[C@H](n4cnc5c(N)nc(N)nc54)O[C@@H]3COP(O)(=S)OC1[C@@H]2O. The minimum atomic E-state index is -4.16. The van der Waals surface area contributed by atoms with E-state index in [-0.39, 0.29) is 70.1 Å². The first-order valence-corrected chi connectivity index (χ1v) is 55.4. The number of aliphatic hydroxyl groups excluding tert-OH is 2. The van der Waals surface area contributed by atoms with Gasteiger partial charge in [0, 0.05) is 11.8 Å². The average Bonchev–Trinajstić information content (AvgIpc) is 1.62. The smallest absolute Gasteiger partial charge is 0.386 e. The Morgan fingerprint density at radius 3 is 1.07 bits per heavy atom. The maximum Gasteiger partial charge on any atom is 0.386 e. The first kappa shape index (κ1) is 95.1. The molecule has 0 spiro atoms. The van der Waals surface area contributed by atoms with Gasteiger partial charge in [0.05, 0.1) is 94.7 Å². The lowest BCUT2D eigenvalue weighted by Crippen LogP contribution is -2.36. The molecule has 0 aromatic carbocycles. The van der Waals surface area contributed by atoms with Crippen LogP contribution >= 0.6 is 52.6 Å². The second-order valence-corrected chi connectivity index (χ2v) is 48.1. The number of halogens is 2. The Kier molecular flexibility index (Phi) is 26.3. The van der Waals surface area contributed by atoms with E-state index in [4.69, 9.17) is 165 Å². The van der Waals surface area contributed by atoms with Crippen LogP contribution in [-0.2, 0) is 146 Å². The van der Waals surface area contributed by atoms with Gasteiger partial charge in [0.1, 0.15) is 163 Å². The number of nitrogens with zero attached hydrogens (tertiary/aromatic N) is 24. The van der Waals surface area contributed by atoms with E-state index < -0.39 is 214 Å². The molecule has 21 heterocycles. The van der Waals surface area contributed by atoms with Crippen LogP contribution in [0.2, 0.25) is 0 Å². The monoisotopic (exact) mass is 2080 g/mol. The van der Waals surface area contributed by atoms with Crippen LogP contribution in [0.25, 0.3) is 67.0 Å². The van der Waals surface area contributed by atoms with Crippen molar-refractivity contribution in [3.05, 3.63) is 86.7 Å². The quantitative estimate of drug-likeness (QED) is 0.0841. The molecule has 68 heteroatoms. The van der Waals surface area contributed by atoms with Crippen LogP contribution in [0.4, 0.5) is 32.2 Å². The second kappa shape index (κ2) is 36.8. The molecule has 15 N–H and O–H groups in total. The largest absolute Gasteiger partial charge is 0.387 e. The zero-order valence-corrected chi connectivity index (χ0v) is 79.2. The van der Waals surface area contributed by atoms with Crippen molar-refractivity contribution in [3.63, 3.8) is 0 Å². The number of hydrogen-bond donors (Lipinski definition) is 12. The summed E-state index contributed by atoms with van der Waals surface area (Å²) in [5.41, 5.74) is 29.7. The number of thiol groups is 1. The van der Waals surface area contributed by atoms with Crippen LogP contribution in [0.5, 0.6) is 0 Å². The Bertz CT molecular complexity index is 6280. The van der Waals surface area contributed by atoms with Crippen molar-refractivity contribution in [1.29, 1.82) is 0 Å². The first-order chi connectivity index (χ1) is 63.2. The van der Waals surface area contributed by atoms with Gasteiger partial charge in [0.25, 0.3) is 0 Å². The lowest BCUT2D eigenvalue weighted by atomic mass is 10.0. The van der Waals surface area contributed by atoms with Crippen molar-refractivity contribution >= 4 is 202 Å². The van der Waals surface area contributed by atoms with Crippen molar-refractivity contribution in [2.24, 2.45) is 11.8 Å². The minimum absolute atomic E-state index is 0.00636. The van der Waals surface area contributed by atoms with Crippen molar-refractivity contribution < 1.29 is 131 Å². The molecular weight excluding hydrogens is 2010 g/mol. The maximum absolute atomic E-state index is 16.0. The molecule has 9 aliphatic heterocycles. The molecule has 9 saturated heterocycles. The number of anilines is 4. The van der Waals surface area contributed by atoms with Gasteiger partial charge in [0.2, 0.25) is 5.95 Å². The molecule has 12 aromatic rings. The van der Waals surface area contributed by atoms with Crippen LogP contribution in [0.3, 0.4) is 0 Å². The fourth-order valence-electron chi connectivity index (χ4n) is 16.6. The summed E-state index contributed by atoms with van der Waals surface area (Å²) < 4.78 is 159. The molecule has 133 heavy (non-hydrogen) atoms. The van der Waals surface area contributed by atoms with Crippen molar-refractivity contribution in [3.8, 4) is 0 Å². The van der Waals surface area contributed by atoms with E-state index in [0.717, 1.165) is 0 Å². The number of ether oxygens (including phenoxy) is 6. The Morgan fingerprint density at radius 1 is 0.346 bits per heavy atom. The van der Waals surface area contributed by atoms with Gasteiger partial charge in [-0.3, -0.25) is 54.5 Å². The highest BCUT2D eigenvalue weighted by atomic mass is 32.7. The van der Waals surface area contributed by atoms with Crippen molar-refractivity contribution in [1.82, 2.24) is 117 Å². The molecule has 54 nitrogen and oxygen atoms in total. The highest BCUT2D eigenvalue weighted by Crippen LogP contribution is 2.62. The summed E-state index contributed by atoms with van der Waals surface area (Å²) in [5, 5.41) is 22.5. The van der Waals surface area contributed by atoms with Gasteiger partial charge in [-0.2, -0.15) is 9.97 Å². The van der Waals surface area contributed by atoms with Crippen LogP contribution in [-0.4, -0.2) is 289 Å². The number of hydrogen-bond acceptors (Lipinski definition) is 48. The maximum atomic E-state index is 16.0. The highest BCUT2D eigenvalue weighted by Gasteiger charge is 2.58. The molecule has 714 valence electrons. The molecular formula is C65H78F2N28O26P6S6. The summed E-state index contributed by atoms with van der Waals surface area (Å²) in [6.07, 6.45) is -12.4. The molecule has 0 saturated carbocycles. The third kappa shape index (κ3) is 18.6. The molecule has 0 amide bonds. The van der Waals surface area contributed by atoms with Gasteiger partial charge in [-0.1, -0.05) is 26.1 Å². The zero-order chi connectivity index (χ0) is 93.8. The number of aromatic nitrogens is 24. The second-order valence-electron chi connectivity index (χ2n) is 31.3. The number of imidazole rings is 6. The van der Waals surface area contributed by atoms with E-state index in [1.807, 2.05) is 13.8 Å². The minimum Gasteiger partial charge on any atom is -0.387 e. The van der Waals surface area contributed by atoms with Gasteiger partial charge in [0.15, 0.2) is 88.6 Å². The van der Waals surface area contributed by atoms with E-state index in [2.05, 4.69) is 102 Å². The summed E-state index contributed by atoms with van der Waals surface area (Å²) in [6, 6.07) is 0. The van der Waals surface area contributed by atoms with Gasteiger partial charge >= 0.3 is 40.4 Å². The van der Waals surface area contributed by atoms with Crippen LogP contribution < -0.4 is 22.9 Å². The predicted octanol–water partition coefficient (Wildman–Crippen LogP) is 2.88. The standard InChI is InChI=1S/2C22H26FN9O8P2S2.C21H26N10O10P2S2/c2*1-9-16-11(37-21(9)31-7-29-14-10(2)25-5-27-19(14)31)3-35-42(34,44)40-17-12(4-36-41(33,43)39-16)38-22(13(17)23)32-8-30-15-18(24)26-6-28-20(15)32;1-7-10-17(25-4-24-7)30(5-26-10)20-15-12(32)8(38-20)2-36-42(34,44)40-14-9(3-37-43(35,45)41-15)39-19(13(14)33)31-6-27-11-16(22)28-21(23)29-18(11)31/h2*5-9,11-13,16-17,21-22H,3-4H2,1-2H3,(H,33,43)(H,34,44)(H2,24,26,28);4-6,8-9,12-15,19-20,32-33H,2-3H2,1H3,(H,34,44)(H,35,45)(H4,22,23,28,29)/t9-,11-,12-,13-,16+,17?,21-,22-,41?,42?;9-,11-,12-,13-,16+,17-,21-,22-,41?,42?;8-,9-,12-,13-,14-,15?,19-,20-,42?,43?/m111/s1. The van der Waals surface area contributed by atoms with Crippen LogP contribution in [0.1, 0.15) is 68.3 Å². The summed E-state index contributed by atoms with van der Waals surface area (Å²) in [5.74, 6) is -0.869. The summed E-state index contributed by atoms with van der Waals surface area (Å²) in [4.78, 5) is 130. The van der Waals surface area contributed by atoms with E-state index in [1.165, 1.54) is 75.2 Å². The van der Waals surface area contributed by atoms with Crippen molar-refractivity contribution in [2.45, 2.75) is 170 Å². The Morgan fingerprint density at radius 2 is 0.639 bits per heavy atom. The number of aryl methyl sites for hydroxylation is 3. The van der Waals surface area contributed by atoms with E-state index in [9.17, 15) is 39.2 Å². The van der Waals surface area contributed by atoms with E-state index >= 15 is 8.78 Å². The zero-order valence-electron chi connectivity index (χ0n) is 68.8. The molecule has 2 bridgehead atoms. The first-order valence-electron chi connectivity index (χ1n) is 39.7. The average molecular weight is 2080 g/mol. The Balaban J connectivity index is 0.000000129. The fourth-order valence-corrected chi connectivity index (χ4v) is 25.4. The molecule has 21 rings (SSSR count). The highest BCUT2D eigenvalue weighted by molar-refractivity contribution is 8.44. The predicted molar refractivity (Wildman–Crippen MR) is 471 cm³/mol. The number of rotatable bonds is 6. The summed E-state index contributed by atoms with van der Waals surface area (Å²) in [7, 11) is 0. The Labute approximate surface area is 776 Å². The lowest BCUT2D eigenvalue weighted by Gasteiger charge is -2.30.